The van der Waals surface area contributed by atoms with Crippen LogP contribution in [0.5, 0.6) is 0 Å². The van der Waals surface area contributed by atoms with E-state index in [0.29, 0.717) is 6.42 Å². The van der Waals surface area contributed by atoms with E-state index >= 15 is 0 Å². The summed E-state index contributed by atoms with van der Waals surface area (Å²) in [6.07, 6.45) is 1.34. The molecule has 0 aromatic rings. The Hall–Kier alpha value is -0.830. The number of hydrogen-bond donors (Lipinski definition) is 2. The number of hydrogen-bond acceptors (Lipinski definition) is 2. The van der Waals surface area contributed by atoms with Gasteiger partial charge >= 0.3 is 5.97 Å². The van der Waals surface area contributed by atoms with Crippen molar-refractivity contribution >= 4 is 5.97 Å². The molecule has 1 aliphatic rings. The van der Waals surface area contributed by atoms with Crippen LogP contribution in [-0.4, -0.2) is 17.1 Å². The monoisotopic (exact) mass is 169 g/mol. The molecule has 0 aromatic heterocycles. The summed E-state index contributed by atoms with van der Waals surface area (Å²) in [4.78, 5) is 10.7. The van der Waals surface area contributed by atoms with E-state index in [9.17, 15) is 4.79 Å². The normalized spacial score (nSPS) is 30.6. The highest BCUT2D eigenvalue weighted by Gasteiger charge is 2.29. The zero-order valence-corrected chi connectivity index (χ0v) is 7.50. The summed E-state index contributed by atoms with van der Waals surface area (Å²) in [7, 11) is 0. The lowest BCUT2D eigenvalue weighted by atomic mass is 9.82. The number of rotatable bonds is 1. The van der Waals surface area contributed by atoms with Gasteiger partial charge in [-0.05, 0) is 26.7 Å². The van der Waals surface area contributed by atoms with Crippen molar-refractivity contribution in [2.24, 2.45) is 11.7 Å². The van der Waals surface area contributed by atoms with Crippen LogP contribution in [0.25, 0.3) is 0 Å². The maximum atomic E-state index is 10.7. The third-order valence-corrected chi connectivity index (χ3v) is 2.63. The van der Waals surface area contributed by atoms with E-state index in [4.69, 9.17) is 10.8 Å². The third-order valence-electron chi connectivity index (χ3n) is 2.63. The van der Waals surface area contributed by atoms with Gasteiger partial charge in [-0.15, -0.1) is 0 Å². The van der Waals surface area contributed by atoms with Crippen LogP contribution in [0.3, 0.4) is 0 Å². The minimum absolute atomic E-state index is 0.203. The topological polar surface area (TPSA) is 63.3 Å². The van der Waals surface area contributed by atoms with Crippen LogP contribution in [-0.2, 0) is 4.79 Å². The molecule has 0 saturated carbocycles. The maximum Gasteiger partial charge on any atom is 0.308 e. The standard InChI is InChI=1S/C9H15NO2/c1-5-3-7(9(11)12)8(10)4-6(5)2/h7-8H,3-4,10H2,1-2H3,(H,11,12). The van der Waals surface area contributed by atoms with E-state index in [1.807, 2.05) is 13.8 Å². The molecule has 12 heavy (non-hydrogen) atoms. The van der Waals surface area contributed by atoms with Crippen LogP contribution in [0.2, 0.25) is 0 Å². The van der Waals surface area contributed by atoms with Gasteiger partial charge in [0.15, 0.2) is 0 Å². The van der Waals surface area contributed by atoms with Gasteiger partial charge in [0, 0.05) is 6.04 Å². The van der Waals surface area contributed by atoms with Gasteiger partial charge in [0.1, 0.15) is 0 Å². The zero-order valence-electron chi connectivity index (χ0n) is 7.50. The second kappa shape index (κ2) is 3.27. The highest BCUT2D eigenvalue weighted by Crippen LogP contribution is 2.28. The van der Waals surface area contributed by atoms with E-state index < -0.39 is 5.97 Å². The van der Waals surface area contributed by atoms with Crippen LogP contribution in [0.15, 0.2) is 11.1 Å². The summed E-state index contributed by atoms with van der Waals surface area (Å²) in [6.45, 7) is 4.00. The van der Waals surface area contributed by atoms with Crippen molar-refractivity contribution in [3.8, 4) is 0 Å². The van der Waals surface area contributed by atoms with Crippen LogP contribution in [0, 0.1) is 5.92 Å². The zero-order chi connectivity index (χ0) is 9.30. The second-order valence-corrected chi connectivity index (χ2v) is 3.58. The van der Waals surface area contributed by atoms with Gasteiger partial charge in [0.2, 0.25) is 0 Å². The Morgan fingerprint density at radius 1 is 1.42 bits per heavy atom. The van der Waals surface area contributed by atoms with E-state index in [1.54, 1.807) is 0 Å². The lowest BCUT2D eigenvalue weighted by Crippen LogP contribution is -2.38. The minimum Gasteiger partial charge on any atom is -0.481 e. The predicted octanol–water partition coefficient (Wildman–Crippen LogP) is 1.14. The lowest BCUT2D eigenvalue weighted by molar-refractivity contribution is -0.142. The van der Waals surface area contributed by atoms with Gasteiger partial charge in [0.05, 0.1) is 5.92 Å². The van der Waals surface area contributed by atoms with E-state index in [-0.39, 0.29) is 12.0 Å². The number of nitrogens with two attached hydrogens (primary N) is 1. The van der Waals surface area contributed by atoms with Gasteiger partial charge < -0.3 is 10.8 Å². The first-order valence-electron chi connectivity index (χ1n) is 4.16. The molecule has 0 heterocycles. The van der Waals surface area contributed by atoms with E-state index in [2.05, 4.69) is 0 Å². The Morgan fingerprint density at radius 3 is 2.42 bits per heavy atom. The van der Waals surface area contributed by atoms with Gasteiger partial charge in [-0.1, -0.05) is 11.1 Å². The quantitative estimate of drug-likeness (QED) is 0.579. The summed E-state index contributed by atoms with van der Waals surface area (Å²) in [6, 6.07) is -0.203. The molecule has 3 heteroatoms. The molecule has 0 aromatic carbocycles. The fraction of sp³-hybridized carbons (Fsp3) is 0.667. The summed E-state index contributed by atoms with van der Waals surface area (Å²) >= 11 is 0. The summed E-state index contributed by atoms with van der Waals surface area (Å²) in [5.41, 5.74) is 8.15. The molecule has 0 spiro atoms. The largest absolute Gasteiger partial charge is 0.481 e. The Kier molecular flexibility index (Phi) is 2.52. The average Bonchev–Trinajstić information content (AvgIpc) is 1.96. The highest BCUT2D eigenvalue weighted by atomic mass is 16.4. The predicted molar refractivity (Wildman–Crippen MR) is 46.7 cm³/mol. The summed E-state index contributed by atoms with van der Waals surface area (Å²) in [5, 5.41) is 8.81. The molecule has 3 nitrogen and oxygen atoms in total. The molecular weight excluding hydrogens is 154 g/mol. The van der Waals surface area contributed by atoms with Gasteiger partial charge in [0.25, 0.3) is 0 Å². The molecule has 0 aliphatic heterocycles. The van der Waals surface area contributed by atoms with Gasteiger partial charge in [-0.25, -0.2) is 0 Å². The number of carbonyl (C=O) groups is 1. The third kappa shape index (κ3) is 1.67. The van der Waals surface area contributed by atoms with Crippen molar-refractivity contribution in [2.45, 2.75) is 32.7 Å². The molecule has 0 fully saturated rings. The number of aliphatic carboxylic acids is 1. The molecule has 68 valence electrons. The minimum atomic E-state index is -0.769. The van der Waals surface area contributed by atoms with Gasteiger partial charge in [-0.3, -0.25) is 4.79 Å². The number of allylic oxidation sites excluding steroid dienone is 1. The Morgan fingerprint density at radius 2 is 1.92 bits per heavy atom. The maximum absolute atomic E-state index is 10.7. The van der Waals surface area contributed by atoms with Crippen molar-refractivity contribution in [2.75, 3.05) is 0 Å². The molecule has 0 saturated heterocycles. The van der Waals surface area contributed by atoms with Crippen molar-refractivity contribution < 1.29 is 9.90 Å². The molecule has 1 rings (SSSR count). The molecule has 0 bridgehead atoms. The fourth-order valence-electron chi connectivity index (χ4n) is 1.60. The molecule has 0 radical (unpaired) electrons. The number of carboxylic acids is 1. The Labute approximate surface area is 72.3 Å². The smallest absolute Gasteiger partial charge is 0.308 e. The molecule has 1 aliphatic carbocycles. The fourth-order valence-corrected chi connectivity index (χ4v) is 1.60. The van der Waals surface area contributed by atoms with Crippen molar-refractivity contribution in [1.82, 2.24) is 0 Å². The first-order valence-corrected chi connectivity index (χ1v) is 4.16. The average molecular weight is 169 g/mol. The van der Waals surface area contributed by atoms with Crippen LogP contribution in [0.1, 0.15) is 26.7 Å². The molecule has 2 unspecified atom stereocenters. The van der Waals surface area contributed by atoms with Crippen LogP contribution < -0.4 is 5.73 Å². The summed E-state index contributed by atoms with van der Waals surface area (Å²) in [5.74, 6) is -1.15. The van der Waals surface area contributed by atoms with E-state index in [0.717, 1.165) is 6.42 Å². The van der Waals surface area contributed by atoms with E-state index in [1.165, 1.54) is 11.1 Å². The van der Waals surface area contributed by atoms with Crippen LogP contribution in [0.4, 0.5) is 0 Å². The Bertz CT molecular complexity index is 233. The lowest BCUT2D eigenvalue weighted by Gasteiger charge is -2.27. The van der Waals surface area contributed by atoms with Crippen LogP contribution >= 0.6 is 0 Å². The SMILES string of the molecule is CC1=C(C)CC(C(=O)O)C(N)C1. The van der Waals surface area contributed by atoms with Crippen molar-refractivity contribution in [1.29, 1.82) is 0 Å². The Balaban J connectivity index is 2.79. The first-order chi connectivity index (χ1) is 5.52. The van der Waals surface area contributed by atoms with Crippen molar-refractivity contribution in [3.63, 3.8) is 0 Å². The highest BCUT2D eigenvalue weighted by molar-refractivity contribution is 5.71. The molecule has 2 atom stereocenters. The molecule has 3 N–H and O–H groups in total. The first kappa shape index (κ1) is 9.26. The second-order valence-electron chi connectivity index (χ2n) is 3.58. The van der Waals surface area contributed by atoms with Gasteiger partial charge in [-0.2, -0.15) is 0 Å². The number of carboxylic acid groups (broad SMARTS) is 1. The molecule has 0 amide bonds. The summed E-state index contributed by atoms with van der Waals surface area (Å²) < 4.78 is 0. The van der Waals surface area contributed by atoms with Crippen molar-refractivity contribution in [3.05, 3.63) is 11.1 Å². The molecular formula is C9H15NO2.